The fourth-order valence-electron chi connectivity index (χ4n) is 3.23. The van der Waals surface area contributed by atoms with Gasteiger partial charge in [-0.3, -0.25) is 15.1 Å². The van der Waals surface area contributed by atoms with E-state index in [0.717, 1.165) is 33.1 Å². The quantitative estimate of drug-likeness (QED) is 0.353. The topological polar surface area (TPSA) is 90.3 Å². The highest BCUT2D eigenvalue weighted by atomic mass is 35.5. The number of rotatable bonds is 5. The van der Waals surface area contributed by atoms with Gasteiger partial charge in [0, 0.05) is 46.8 Å². The number of pyridine rings is 1. The molecule has 0 amide bonds. The maximum absolute atomic E-state index is 10.9. The van der Waals surface area contributed by atoms with Crippen LogP contribution < -0.4 is 4.74 Å². The van der Waals surface area contributed by atoms with Gasteiger partial charge in [-0.05, 0) is 31.2 Å². The fraction of sp³-hybridized carbons (Fsp3) is 0.150. The van der Waals surface area contributed by atoms with Crippen LogP contribution in [-0.2, 0) is 11.3 Å². The van der Waals surface area contributed by atoms with Crippen molar-refractivity contribution in [1.29, 1.82) is 0 Å². The van der Waals surface area contributed by atoms with Gasteiger partial charge in [0.1, 0.15) is 11.5 Å². The number of aromatic amines is 1. The number of benzene rings is 2. The Morgan fingerprint density at radius 2 is 2.04 bits per heavy atom. The molecule has 0 spiro atoms. The van der Waals surface area contributed by atoms with Crippen molar-refractivity contribution in [1.82, 2.24) is 9.97 Å². The highest BCUT2D eigenvalue weighted by Gasteiger charge is 2.15. The maximum atomic E-state index is 10.9. The average Bonchev–Trinajstić information content (AvgIpc) is 3.04. The first-order chi connectivity index (χ1) is 13.5. The molecule has 0 fully saturated rings. The summed E-state index contributed by atoms with van der Waals surface area (Å²) < 4.78 is 11.2. The Bertz CT molecular complexity index is 1220. The molecule has 142 valence electrons. The second-order valence-electron chi connectivity index (χ2n) is 6.35. The molecule has 1 N–H and O–H groups in total. The lowest BCUT2D eigenvalue weighted by Crippen LogP contribution is -1.95. The minimum absolute atomic E-state index is 0.0865. The Morgan fingerprint density at radius 1 is 1.21 bits per heavy atom. The summed E-state index contributed by atoms with van der Waals surface area (Å²) in [6.07, 6.45) is 1.80. The third-order valence-electron chi connectivity index (χ3n) is 4.57. The lowest BCUT2D eigenvalue weighted by molar-refractivity contribution is -0.384. The number of hydrogen-bond acceptors (Lipinski definition) is 5. The molecule has 0 bridgehead atoms. The number of non-ortho nitro benzene ring substituents is 1. The number of H-pyrrole nitrogens is 1. The highest BCUT2D eigenvalue weighted by molar-refractivity contribution is 6.32. The lowest BCUT2D eigenvalue weighted by Gasteiger charge is -2.09. The Labute approximate surface area is 165 Å². The summed E-state index contributed by atoms with van der Waals surface area (Å²) in [5.74, 6) is 0.920. The number of fused-ring (bicyclic) bond motifs is 3. The van der Waals surface area contributed by atoms with Crippen LogP contribution >= 0.6 is 11.6 Å². The standard InChI is InChI=1S/C20H16ClN3O4/c1-11-15(10-27-2)20-14-8-13(4-5-17(14)23-18(20)9-22-11)28-19-6-3-12(24(25)26)7-16(19)21/h3-9,23H,10H2,1-2H3. The largest absolute Gasteiger partial charge is 0.456 e. The Morgan fingerprint density at radius 3 is 2.75 bits per heavy atom. The zero-order chi connectivity index (χ0) is 19.8. The van der Waals surface area contributed by atoms with Crippen molar-refractivity contribution in [2.75, 3.05) is 7.11 Å². The molecule has 4 aromatic rings. The molecule has 2 aromatic carbocycles. The van der Waals surface area contributed by atoms with Crippen LogP contribution in [0.2, 0.25) is 5.02 Å². The molecule has 0 aliphatic carbocycles. The van der Waals surface area contributed by atoms with Crippen molar-refractivity contribution in [3.63, 3.8) is 0 Å². The first-order valence-corrected chi connectivity index (χ1v) is 8.86. The number of aromatic nitrogens is 2. The van der Waals surface area contributed by atoms with Crippen molar-refractivity contribution in [2.24, 2.45) is 0 Å². The molecule has 0 saturated heterocycles. The number of ether oxygens (including phenoxy) is 2. The van der Waals surface area contributed by atoms with E-state index in [1.807, 2.05) is 25.1 Å². The van der Waals surface area contributed by atoms with Gasteiger partial charge in [0.25, 0.3) is 5.69 Å². The van der Waals surface area contributed by atoms with Gasteiger partial charge >= 0.3 is 0 Å². The third-order valence-corrected chi connectivity index (χ3v) is 4.86. The van der Waals surface area contributed by atoms with Gasteiger partial charge in [0.05, 0.1) is 28.3 Å². The smallest absolute Gasteiger partial charge is 0.271 e. The molecule has 0 atom stereocenters. The maximum Gasteiger partial charge on any atom is 0.271 e. The van der Waals surface area contributed by atoms with Gasteiger partial charge < -0.3 is 14.5 Å². The number of nitro benzene ring substituents is 1. The number of nitrogens with one attached hydrogen (secondary N) is 1. The van der Waals surface area contributed by atoms with E-state index in [4.69, 9.17) is 21.1 Å². The molecule has 2 heterocycles. The first-order valence-electron chi connectivity index (χ1n) is 8.48. The van der Waals surface area contributed by atoms with Gasteiger partial charge in [0.15, 0.2) is 0 Å². The lowest BCUT2D eigenvalue weighted by atomic mass is 10.1. The second-order valence-corrected chi connectivity index (χ2v) is 6.76. The molecule has 28 heavy (non-hydrogen) atoms. The molecule has 0 aliphatic heterocycles. The van der Waals surface area contributed by atoms with Crippen LogP contribution in [0.5, 0.6) is 11.5 Å². The molecular formula is C20H16ClN3O4. The van der Waals surface area contributed by atoms with Gasteiger partial charge in [-0.25, -0.2) is 0 Å². The van der Waals surface area contributed by atoms with Crippen molar-refractivity contribution >= 4 is 39.1 Å². The predicted octanol–water partition coefficient (Wildman–Crippen LogP) is 5.52. The van der Waals surface area contributed by atoms with E-state index in [1.165, 1.54) is 18.2 Å². The molecule has 0 saturated carbocycles. The van der Waals surface area contributed by atoms with E-state index < -0.39 is 4.92 Å². The summed E-state index contributed by atoms with van der Waals surface area (Å²) in [5.41, 5.74) is 3.69. The second kappa shape index (κ2) is 7.10. The molecule has 0 unspecified atom stereocenters. The van der Waals surface area contributed by atoms with E-state index >= 15 is 0 Å². The van der Waals surface area contributed by atoms with Crippen LogP contribution in [0, 0.1) is 17.0 Å². The van der Waals surface area contributed by atoms with Crippen molar-refractivity contribution in [2.45, 2.75) is 13.5 Å². The first kappa shape index (κ1) is 18.2. The van der Waals surface area contributed by atoms with E-state index in [0.29, 0.717) is 18.1 Å². The number of halogens is 1. The van der Waals surface area contributed by atoms with Gasteiger partial charge in [-0.15, -0.1) is 0 Å². The predicted molar refractivity (Wildman–Crippen MR) is 107 cm³/mol. The highest BCUT2D eigenvalue weighted by Crippen LogP contribution is 2.36. The van der Waals surface area contributed by atoms with Crippen LogP contribution in [-0.4, -0.2) is 22.0 Å². The van der Waals surface area contributed by atoms with E-state index in [1.54, 1.807) is 13.3 Å². The summed E-state index contributed by atoms with van der Waals surface area (Å²) in [7, 11) is 1.65. The van der Waals surface area contributed by atoms with Crippen molar-refractivity contribution in [3.8, 4) is 11.5 Å². The van der Waals surface area contributed by atoms with Gasteiger partial charge in [0.2, 0.25) is 0 Å². The number of methoxy groups -OCH3 is 1. The minimum Gasteiger partial charge on any atom is -0.456 e. The van der Waals surface area contributed by atoms with Crippen LogP contribution in [0.15, 0.2) is 42.6 Å². The third kappa shape index (κ3) is 3.15. The fourth-order valence-corrected chi connectivity index (χ4v) is 3.44. The van der Waals surface area contributed by atoms with Crippen LogP contribution in [0.3, 0.4) is 0 Å². The van der Waals surface area contributed by atoms with Gasteiger partial charge in [-0.1, -0.05) is 11.6 Å². The molecule has 4 rings (SSSR count). The van der Waals surface area contributed by atoms with Crippen LogP contribution in [0.1, 0.15) is 11.3 Å². The van der Waals surface area contributed by atoms with E-state index in [2.05, 4.69) is 9.97 Å². The summed E-state index contributed by atoms with van der Waals surface area (Å²) in [4.78, 5) is 18.1. The number of aryl methyl sites for hydroxylation is 1. The monoisotopic (exact) mass is 397 g/mol. The molecule has 0 aliphatic rings. The number of nitrogens with zero attached hydrogens (tertiary/aromatic N) is 2. The van der Waals surface area contributed by atoms with Crippen LogP contribution in [0.25, 0.3) is 21.8 Å². The summed E-state index contributed by atoms with van der Waals surface area (Å²) in [6, 6.07) is 9.75. The Kier molecular flexibility index (Phi) is 4.62. The summed E-state index contributed by atoms with van der Waals surface area (Å²) in [6.45, 7) is 2.39. The molecule has 0 radical (unpaired) electrons. The SMILES string of the molecule is COCc1c(C)ncc2[nH]c3ccc(Oc4ccc([N+](=O)[O-])cc4Cl)cc3c12. The van der Waals surface area contributed by atoms with E-state index in [-0.39, 0.29) is 10.7 Å². The molecule has 8 heteroatoms. The average molecular weight is 398 g/mol. The van der Waals surface area contributed by atoms with Crippen LogP contribution in [0.4, 0.5) is 5.69 Å². The zero-order valence-electron chi connectivity index (χ0n) is 15.2. The van der Waals surface area contributed by atoms with Crippen molar-refractivity contribution in [3.05, 3.63) is 69.0 Å². The normalized spacial score (nSPS) is 11.2. The zero-order valence-corrected chi connectivity index (χ0v) is 15.9. The molecule has 2 aromatic heterocycles. The Hall–Kier alpha value is -3.16. The van der Waals surface area contributed by atoms with Gasteiger partial charge in [-0.2, -0.15) is 0 Å². The number of nitro groups is 1. The van der Waals surface area contributed by atoms with E-state index in [9.17, 15) is 10.1 Å². The Balaban J connectivity index is 1.80. The van der Waals surface area contributed by atoms with Crippen molar-refractivity contribution < 1.29 is 14.4 Å². The number of hydrogen-bond donors (Lipinski definition) is 1. The summed E-state index contributed by atoms with van der Waals surface area (Å²) >= 11 is 6.14. The minimum atomic E-state index is -0.499. The molecule has 7 nitrogen and oxygen atoms in total. The summed E-state index contributed by atoms with van der Waals surface area (Å²) in [5, 5.41) is 13.0. The molecular weight excluding hydrogens is 382 g/mol.